The standard InChI is InChI=1S/C51H50ClFN6O11/c1-7-10-29-21-30(45(67-6)43(53)41(29)42-37(52)11-9-12-40(42)61)24-57-17-19-58(20-18-57)47(62)28(3)26-69-50(65)55(4)15-16-56(5)51(66)70-46-34-23-39-44-35(25-59(39)48(63)36(34)27-68-49(46)64)32(8-2)33-22-31(60)13-14-38(33)54-44/h9,11-14,21-23,46,60-61H,3,8,15-20,24-27H2,1-2,4-6H3. The van der Waals surface area contributed by atoms with Crippen LogP contribution in [0.3, 0.4) is 0 Å². The van der Waals surface area contributed by atoms with Gasteiger partial charge in [-0.15, -0.1) is 5.92 Å². The highest BCUT2D eigenvalue weighted by Crippen LogP contribution is 2.44. The molecule has 3 amide bonds. The fourth-order valence-electron chi connectivity index (χ4n) is 9.03. The first kappa shape index (κ1) is 48.8. The third-order valence-corrected chi connectivity index (χ3v) is 13.0. The quantitative estimate of drug-likeness (QED) is 0.0595. The molecule has 5 aromatic rings. The number of halogens is 2. The monoisotopic (exact) mass is 976 g/mol. The van der Waals surface area contributed by atoms with E-state index in [4.69, 9.17) is 35.5 Å². The third-order valence-electron chi connectivity index (χ3n) is 12.7. The number of amides is 3. The molecule has 1 atom stereocenters. The normalized spacial score (nSPS) is 14.9. The number of nitrogens with zero attached hydrogens (tertiary/aromatic N) is 6. The van der Waals surface area contributed by atoms with Gasteiger partial charge >= 0.3 is 18.2 Å². The van der Waals surface area contributed by atoms with Gasteiger partial charge in [-0.05, 0) is 61.4 Å². The van der Waals surface area contributed by atoms with E-state index in [2.05, 4.69) is 18.4 Å². The number of phenolic OH excluding ortho intramolecular Hbond substituents is 2. The van der Waals surface area contributed by atoms with E-state index >= 15 is 4.39 Å². The van der Waals surface area contributed by atoms with Gasteiger partial charge in [0, 0.05) is 104 Å². The summed E-state index contributed by atoms with van der Waals surface area (Å²) < 4.78 is 39.6. The van der Waals surface area contributed by atoms with E-state index in [1.165, 1.54) is 38.2 Å². The van der Waals surface area contributed by atoms with Gasteiger partial charge < -0.3 is 48.4 Å². The average Bonchev–Trinajstić information content (AvgIpc) is 3.71. The number of esters is 1. The number of pyridine rings is 2. The number of ether oxygens (including phenoxy) is 4. The summed E-state index contributed by atoms with van der Waals surface area (Å²) >= 11 is 6.39. The number of aryl methyl sites for hydroxylation is 1. The Bertz CT molecular complexity index is 3100. The van der Waals surface area contributed by atoms with E-state index < -0.39 is 48.2 Å². The second kappa shape index (κ2) is 20.2. The molecule has 70 heavy (non-hydrogen) atoms. The van der Waals surface area contributed by atoms with Gasteiger partial charge in [-0.2, -0.15) is 0 Å². The summed E-state index contributed by atoms with van der Waals surface area (Å²) in [6.07, 6.45) is -2.63. The van der Waals surface area contributed by atoms with Crippen LogP contribution in [0.4, 0.5) is 14.0 Å². The van der Waals surface area contributed by atoms with Crippen LogP contribution in [0.1, 0.15) is 53.3 Å². The smallest absolute Gasteiger partial charge is 0.410 e. The van der Waals surface area contributed by atoms with Crippen LogP contribution in [0.25, 0.3) is 33.4 Å². The molecule has 0 saturated carbocycles. The third kappa shape index (κ3) is 9.29. The molecule has 1 unspecified atom stereocenters. The largest absolute Gasteiger partial charge is 0.508 e. The van der Waals surface area contributed by atoms with Crippen molar-refractivity contribution in [3.8, 4) is 51.6 Å². The Morgan fingerprint density at radius 3 is 2.41 bits per heavy atom. The van der Waals surface area contributed by atoms with Crippen LogP contribution < -0.4 is 10.3 Å². The number of piperazine rings is 1. The molecule has 1 saturated heterocycles. The summed E-state index contributed by atoms with van der Waals surface area (Å²) in [5, 5.41) is 21.7. The lowest BCUT2D eigenvalue weighted by Crippen LogP contribution is -2.49. The summed E-state index contributed by atoms with van der Waals surface area (Å²) in [6, 6.07) is 12.8. The molecule has 2 N–H and O–H groups in total. The fraction of sp³-hybridized carbons (Fsp3) is 0.333. The Kier molecular flexibility index (Phi) is 14.1. The van der Waals surface area contributed by atoms with Crippen molar-refractivity contribution in [1.82, 2.24) is 29.2 Å². The Labute approximate surface area is 407 Å². The first-order chi connectivity index (χ1) is 33.5. The predicted molar refractivity (Wildman–Crippen MR) is 256 cm³/mol. The van der Waals surface area contributed by atoms with Crippen LogP contribution in [-0.4, -0.2) is 131 Å². The van der Waals surface area contributed by atoms with Crippen LogP contribution in [-0.2, 0) is 49.9 Å². The average molecular weight is 977 g/mol. The van der Waals surface area contributed by atoms with Gasteiger partial charge in [0.1, 0.15) is 24.7 Å². The van der Waals surface area contributed by atoms with E-state index in [0.29, 0.717) is 60.6 Å². The van der Waals surface area contributed by atoms with Gasteiger partial charge in [0.15, 0.2) is 11.6 Å². The van der Waals surface area contributed by atoms with E-state index in [9.17, 15) is 34.2 Å². The van der Waals surface area contributed by atoms with Crippen LogP contribution >= 0.6 is 11.6 Å². The summed E-state index contributed by atoms with van der Waals surface area (Å²) in [7, 11) is 4.22. The first-order valence-electron chi connectivity index (χ1n) is 22.4. The summed E-state index contributed by atoms with van der Waals surface area (Å²) in [5.41, 5.74) is 4.40. The maximum Gasteiger partial charge on any atom is 0.410 e. The van der Waals surface area contributed by atoms with Crippen molar-refractivity contribution in [2.75, 3.05) is 67.1 Å². The van der Waals surface area contributed by atoms with Gasteiger partial charge in [-0.1, -0.05) is 37.1 Å². The molecule has 0 spiro atoms. The summed E-state index contributed by atoms with van der Waals surface area (Å²) in [5.74, 6) is 3.64. The number of cyclic esters (lactones) is 1. The number of methoxy groups -OCH3 is 1. The van der Waals surface area contributed by atoms with Crippen LogP contribution in [0.2, 0.25) is 5.02 Å². The SMILES string of the molecule is C=C(COC(=O)N(C)CCN(C)C(=O)OC1C(=O)OCc2c1cc1n(c2=O)Cc2c-1nc1ccc(O)cc1c2CC)C(=O)N1CCN(Cc2cc(C#CC)c(-c3c(O)cccc3Cl)c(F)c2OC)CC1. The maximum absolute atomic E-state index is 16.2. The lowest BCUT2D eigenvalue weighted by Gasteiger charge is -2.35. The highest BCUT2D eigenvalue weighted by atomic mass is 35.5. The number of benzene rings is 3. The minimum absolute atomic E-state index is 0.0190. The van der Waals surface area contributed by atoms with Crippen LogP contribution in [0.15, 0.2) is 65.5 Å². The minimum Gasteiger partial charge on any atom is -0.508 e. The highest BCUT2D eigenvalue weighted by molar-refractivity contribution is 6.33. The van der Waals surface area contributed by atoms with Crippen molar-refractivity contribution < 1.29 is 52.7 Å². The Morgan fingerprint density at radius 2 is 1.73 bits per heavy atom. The molecule has 19 heteroatoms. The van der Waals surface area contributed by atoms with E-state index in [-0.39, 0.29) is 82.9 Å². The molecule has 0 aliphatic carbocycles. The molecule has 0 bridgehead atoms. The number of hydrogen-bond donors (Lipinski definition) is 2. The Balaban J connectivity index is 0.831. The molecular weight excluding hydrogens is 927 g/mol. The maximum atomic E-state index is 16.2. The molecule has 8 rings (SSSR count). The zero-order valence-corrected chi connectivity index (χ0v) is 39.9. The molecule has 5 heterocycles. The number of fused-ring (bicyclic) bond motifs is 5. The molecular formula is C51H50ClFN6O11. The van der Waals surface area contributed by atoms with E-state index in [1.54, 1.807) is 52.8 Å². The van der Waals surface area contributed by atoms with Gasteiger partial charge in [-0.25, -0.2) is 23.8 Å². The lowest BCUT2D eigenvalue weighted by molar-refractivity contribution is -0.158. The number of carbonyl (C=O) groups is 4. The number of hydrogen-bond acceptors (Lipinski definition) is 13. The van der Waals surface area contributed by atoms with Gasteiger partial charge in [-0.3, -0.25) is 14.5 Å². The van der Waals surface area contributed by atoms with Gasteiger partial charge in [0.25, 0.3) is 11.5 Å². The molecule has 1 fully saturated rings. The molecule has 3 aliphatic rings. The van der Waals surface area contributed by atoms with Crippen molar-refractivity contribution in [1.29, 1.82) is 0 Å². The number of aromatic nitrogens is 2. The zero-order valence-electron chi connectivity index (χ0n) is 39.2. The number of phenols is 2. The number of rotatable bonds is 12. The molecule has 17 nitrogen and oxygen atoms in total. The van der Waals surface area contributed by atoms with E-state index in [1.807, 2.05) is 11.8 Å². The van der Waals surface area contributed by atoms with Crippen molar-refractivity contribution in [2.24, 2.45) is 0 Å². The molecule has 0 radical (unpaired) electrons. The predicted octanol–water partition coefficient (Wildman–Crippen LogP) is 6.37. The summed E-state index contributed by atoms with van der Waals surface area (Å²) in [4.78, 5) is 77.5. The Hall–Kier alpha value is -7.62. The molecule has 364 valence electrons. The minimum atomic E-state index is -1.55. The van der Waals surface area contributed by atoms with Crippen molar-refractivity contribution in [2.45, 2.75) is 46.1 Å². The van der Waals surface area contributed by atoms with Gasteiger partial charge in [0.05, 0.1) is 41.1 Å². The number of carbonyl (C=O) groups excluding carboxylic acids is 4. The molecule has 3 aromatic carbocycles. The second-order valence-electron chi connectivity index (χ2n) is 17.1. The topological polar surface area (TPSA) is 194 Å². The highest BCUT2D eigenvalue weighted by Gasteiger charge is 2.39. The molecule has 2 aromatic heterocycles. The fourth-order valence-corrected chi connectivity index (χ4v) is 9.29. The Morgan fingerprint density at radius 1 is 1.00 bits per heavy atom. The second-order valence-corrected chi connectivity index (χ2v) is 17.5. The first-order valence-corrected chi connectivity index (χ1v) is 22.8. The van der Waals surface area contributed by atoms with Crippen LogP contribution in [0, 0.1) is 17.7 Å². The van der Waals surface area contributed by atoms with Crippen molar-refractivity contribution in [3.05, 3.63) is 115 Å². The zero-order chi connectivity index (χ0) is 50.1. The molecule has 3 aliphatic heterocycles. The van der Waals surface area contributed by atoms with E-state index in [0.717, 1.165) is 21.4 Å². The van der Waals surface area contributed by atoms with Crippen LogP contribution in [0.5, 0.6) is 17.2 Å². The number of likely N-dealkylation sites (N-methyl/N-ethyl adjacent to an activating group) is 2. The van der Waals surface area contributed by atoms with Gasteiger partial charge in [0.2, 0.25) is 6.10 Å². The van der Waals surface area contributed by atoms with Crippen molar-refractivity contribution in [3.63, 3.8) is 0 Å². The summed E-state index contributed by atoms with van der Waals surface area (Å²) in [6.45, 7) is 8.67. The number of aromatic hydroxyl groups is 2. The van der Waals surface area contributed by atoms with Crippen molar-refractivity contribution >= 4 is 46.6 Å². The lowest BCUT2D eigenvalue weighted by atomic mass is 9.94.